The van der Waals surface area contributed by atoms with Crippen molar-refractivity contribution < 1.29 is 30.8 Å². The minimum atomic E-state index is -4.72. The van der Waals surface area contributed by atoms with Crippen molar-refractivity contribution in [3.8, 4) is 17.2 Å². The molecule has 3 aromatic rings. The average molecular weight is 603 g/mol. The number of alkyl halides is 3. The standard InChI is InChI=1S/C28H26F4N6O3S/c1-15-9-20(6-7-23(15)29)42(40,41)38-16(2)3-8-24(38)26(39)34-14-19-10-21(22(11-33)25(37-19)17-4-5-17)18-12-35-27(36-13-18)28(30,31)32/h6-7,9-10,12-13,16-17,24H,3-5,8,14H2,1-2H3,(H,34,39)/t16-,24-/m0/s1. The quantitative estimate of drug-likeness (QED) is 0.391. The van der Waals surface area contributed by atoms with Crippen LogP contribution in [0.4, 0.5) is 17.6 Å². The van der Waals surface area contributed by atoms with Gasteiger partial charge in [-0.15, -0.1) is 0 Å². The van der Waals surface area contributed by atoms with E-state index in [9.17, 15) is 36.0 Å². The van der Waals surface area contributed by atoms with Crippen LogP contribution in [0.2, 0.25) is 0 Å². The van der Waals surface area contributed by atoms with Gasteiger partial charge in [-0.2, -0.15) is 22.7 Å². The molecule has 5 rings (SSSR count). The first kappa shape index (κ1) is 29.5. The maximum absolute atomic E-state index is 13.8. The van der Waals surface area contributed by atoms with Crippen LogP contribution < -0.4 is 5.32 Å². The Labute approximate surface area is 239 Å². The fourth-order valence-electron chi connectivity index (χ4n) is 5.13. The van der Waals surface area contributed by atoms with Crippen molar-refractivity contribution in [3.05, 3.63) is 70.8 Å². The molecule has 1 aliphatic carbocycles. The van der Waals surface area contributed by atoms with E-state index in [1.165, 1.54) is 25.1 Å². The van der Waals surface area contributed by atoms with Crippen molar-refractivity contribution >= 4 is 15.9 Å². The highest BCUT2D eigenvalue weighted by atomic mass is 32.2. The summed E-state index contributed by atoms with van der Waals surface area (Å²) in [5, 5.41) is 12.6. The SMILES string of the molecule is Cc1cc(S(=O)(=O)N2[C@@H](C)CC[C@H]2C(=O)NCc2cc(-c3cnc(C(F)(F)F)nc3)c(C#N)c(C3CC3)n2)ccc1F. The summed E-state index contributed by atoms with van der Waals surface area (Å²) in [6.07, 6.45) is -0.453. The number of aryl methyl sites for hydroxylation is 1. The molecule has 1 saturated heterocycles. The number of hydrogen-bond acceptors (Lipinski definition) is 7. The zero-order chi connectivity index (χ0) is 30.4. The first-order valence-electron chi connectivity index (χ1n) is 13.2. The van der Waals surface area contributed by atoms with E-state index in [0.29, 0.717) is 17.8 Å². The van der Waals surface area contributed by atoms with E-state index in [1.807, 2.05) is 0 Å². The van der Waals surface area contributed by atoms with E-state index >= 15 is 0 Å². The fourth-order valence-corrected chi connectivity index (χ4v) is 7.05. The summed E-state index contributed by atoms with van der Waals surface area (Å²) in [6.45, 7) is 3.04. The molecule has 2 aromatic heterocycles. The third-order valence-corrected chi connectivity index (χ3v) is 9.46. The summed E-state index contributed by atoms with van der Waals surface area (Å²) < 4.78 is 80.8. The van der Waals surface area contributed by atoms with E-state index in [-0.39, 0.29) is 46.0 Å². The van der Waals surface area contributed by atoms with Gasteiger partial charge in [-0.05, 0) is 69.4 Å². The van der Waals surface area contributed by atoms with Gasteiger partial charge in [-0.1, -0.05) is 0 Å². The lowest BCUT2D eigenvalue weighted by Crippen LogP contribution is -2.48. The maximum Gasteiger partial charge on any atom is 0.451 e. The Morgan fingerprint density at radius 3 is 2.43 bits per heavy atom. The number of sulfonamides is 1. The maximum atomic E-state index is 13.8. The molecular weight excluding hydrogens is 576 g/mol. The smallest absolute Gasteiger partial charge is 0.349 e. The van der Waals surface area contributed by atoms with Crippen molar-refractivity contribution in [2.45, 2.75) is 75.1 Å². The minimum absolute atomic E-state index is 0.0000923. The van der Waals surface area contributed by atoms with Crippen LogP contribution in [0.3, 0.4) is 0 Å². The molecule has 42 heavy (non-hydrogen) atoms. The van der Waals surface area contributed by atoms with Crippen LogP contribution in [-0.4, -0.2) is 45.7 Å². The third-order valence-electron chi connectivity index (χ3n) is 7.44. The van der Waals surface area contributed by atoms with Gasteiger partial charge in [-0.3, -0.25) is 9.78 Å². The fraction of sp³-hybridized carbons (Fsp3) is 0.393. The predicted molar refractivity (Wildman–Crippen MR) is 141 cm³/mol. The Morgan fingerprint density at radius 2 is 1.83 bits per heavy atom. The van der Waals surface area contributed by atoms with Gasteiger partial charge in [0.25, 0.3) is 0 Å². The summed E-state index contributed by atoms with van der Waals surface area (Å²) in [7, 11) is -4.12. The molecule has 9 nitrogen and oxygen atoms in total. The molecule has 1 amide bonds. The lowest BCUT2D eigenvalue weighted by molar-refractivity contribution is -0.145. The number of amides is 1. The Hall–Kier alpha value is -3.96. The molecule has 1 aromatic carbocycles. The van der Waals surface area contributed by atoms with Crippen LogP contribution in [-0.2, 0) is 27.5 Å². The molecule has 14 heteroatoms. The number of pyridine rings is 1. The molecule has 0 radical (unpaired) electrons. The normalized spacial score (nSPS) is 19.5. The van der Waals surface area contributed by atoms with Crippen LogP contribution in [0.25, 0.3) is 11.1 Å². The van der Waals surface area contributed by atoms with Crippen LogP contribution in [0.15, 0.2) is 41.6 Å². The third kappa shape index (κ3) is 5.71. The Kier molecular flexibility index (Phi) is 7.76. The van der Waals surface area contributed by atoms with Gasteiger partial charge in [-0.25, -0.2) is 22.8 Å². The molecule has 1 saturated carbocycles. The van der Waals surface area contributed by atoms with Gasteiger partial charge >= 0.3 is 6.18 Å². The van der Waals surface area contributed by atoms with E-state index in [4.69, 9.17) is 0 Å². The molecule has 2 fully saturated rings. The topological polar surface area (TPSA) is 129 Å². The zero-order valence-corrected chi connectivity index (χ0v) is 23.4. The number of carbonyl (C=O) groups excluding carboxylic acids is 1. The number of hydrogen-bond donors (Lipinski definition) is 1. The van der Waals surface area contributed by atoms with Gasteiger partial charge in [0.05, 0.1) is 28.4 Å². The van der Waals surface area contributed by atoms with Crippen LogP contribution in [0.1, 0.15) is 66.9 Å². The molecule has 1 aliphatic heterocycles. The number of nitrogens with zero attached hydrogens (tertiary/aromatic N) is 5. The molecule has 0 bridgehead atoms. The van der Waals surface area contributed by atoms with Gasteiger partial charge in [0.1, 0.15) is 17.9 Å². The van der Waals surface area contributed by atoms with Crippen molar-refractivity contribution in [3.63, 3.8) is 0 Å². The lowest BCUT2D eigenvalue weighted by atomic mass is 9.98. The Morgan fingerprint density at radius 1 is 1.14 bits per heavy atom. The molecule has 3 heterocycles. The van der Waals surface area contributed by atoms with Crippen molar-refractivity contribution in [1.29, 1.82) is 5.26 Å². The molecule has 2 atom stereocenters. The van der Waals surface area contributed by atoms with Crippen LogP contribution >= 0.6 is 0 Å². The van der Waals surface area contributed by atoms with E-state index in [2.05, 4.69) is 26.3 Å². The lowest BCUT2D eigenvalue weighted by Gasteiger charge is -2.27. The Bertz CT molecular complexity index is 1690. The summed E-state index contributed by atoms with van der Waals surface area (Å²) in [6, 6.07) is 5.57. The molecule has 220 valence electrons. The molecule has 2 aliphatic rings. The minimum Gasteiger partial charge on any atom is -0.349 e. The second kappa shape index (κ2) is 11.0. The molecule has 1 N–H and O–H groups in total. The zero-order valence-electron chi connectivity index (χ0n) is 22.6. The van der Waals surface area contributed by atoms with Gasteiger partial charge < -0.3 is 5.32 Å². The van der Waals surface area contributed by atoms with Crippen LogP contribution in [0, 0.1) is 24.1 Å². The Balaban J connectivity index is 1.41. The number of benzene rings is 1. The van der Waals surface area contributed by atoms with Crippen LogP contribution in [0.5, 0.6) is 0 Å². The second-order valence-electron chi connectivity index (χ2n) is 10.5. The van der Waals surface area contributed by atoms with E-state index in [0.717, 1.165) is 35.6 Å². The summed E-state index contributed by atoms with van der Waals surface area (Å²) in [4.78, 5) is 24.6. The number of rotatable bonds is 7. The average Bonchev–Trinajstić information content (AvgIpc) is 3.72. The molecule has 0 spiro atoms. The summed E-state index contributed by atoms with van der Waals surface area (Å²) in [5.41, 5.74) is 1.66. The summed E-state index contributed by atoms with van der Waals surface area (Å²) >= 11 is 0. The highest BCUT2D eigenvalue weighted by Crippen LogP contribution is 2.43. The number of nitrogens with one attached hydrogen (secondary N) is 1. The number of carbonyl (C=O) groups is 1. The van der Waals surface area contributed by atoms with Crippen molar-refractivity contribution in [1.82, 2.24) is 24.6 Å². The van der Waals surface area contributed by atoms with E-state index in [1.54, 1.807) is 6.92 Å². The first-order valence-corrected chi connectivity index (χ1v) is 14.7. The largest absolute Gasteiger partial charge is 0.451 e. The second-order valence-corrected chi connectivity index (χ2v) is 12.3. The highest BCUT2D eigenvalue weighted by molar-refractivity contribution is 7.89. The number of aromatic nitrogens is 3. The van der Waals surface area contributed by atoms with Gasteiger partial charge in [0.15, 0.2) is 0 Å². The number of halogens is 4. The monoisotopic (exact) mass is 602 g/mol. The molecular formula is C28H26F4N6O3S. The first-order chi connectivity index (χ1) is 19.8. The molecule has 0 unspecified atom stereocenters. The predicted octanol–water partition coefficient (Wildman–Crippen LogP) is 4.61. The van der Waals surface area contributed by atoms with Gasteiger partial charge in [0, 0.05) is 35.5 Å². The van der Waals surface area contributed by atoms with E-state index < -0.39 is 45.8 Å². The highest BCUT2D eigenvalue weighted by Gasteiger charge is 2.44. The van der Waals surface area contributed by atoms with Crippen molar-refractivity contribution in [2.24, 2.45) is 0 Å². The summed E-state index contributed by atoms with van der Waals surface area (Å²) in [5.74, 6) is -2.41. The van der Waals surface area contributed by atoms with Crippen molar-refractivity contribution in [2.75, 3.05) is 0 Å². The van der Waals surface area contributed by atoms with Gasteiger partial charge in [0.2, 0.25) is 21.8 Å². The number of nitriles is 1.